The van der Waals surface area contributed by atoms with Gasteiger partial charge in [0, 0.05) is 10.9 Å². The Morgan fingerprint density at radius 1 is 1.18 bits per heavy atom. The number of carbonyl (C=O) groups excluding carboxylic acids is 3. The summed E-state index contributed by atoms with van der Waals surface area (Å²) in [6.07, 6.45) is 1.38. The highest BCUT2D eigenvalue weighted by atomic mass is 35.5. The number of amides is 3. The minimum atomic E-state index is -1.25. The van der Waals surface area contributed by atoms with E-state index in [-0.39, 0.29) is 16.1 Å². The summed E-state index contributed by atoms with van der Waals surface area (Å²) in [4.78, 5) is 40.8. The van der Waals surface area contributed by atoms with E-state index in [1.807, 2.05) is 5.32 Å². The maximum Gasteiger partial charge on any atom is 0.339 e. The number of carbonyl (C=O) groups is 3. The number of benzene rings is 2. The first-order valence-electron chi connectivity index (χ1n) is 10.1. The van der Waals surface area contributed by atoms with Gasteiger partial charge in [-0.15, -0.1) is 0 Å². The second-order valence-electron chi connectivity index (χ2n) is 7.54. The molecule has 3 N–H and O–H groups in total. The van der Waals surface area contributed by atoms with Crippen LogP contribution in [-0.4, -0.2) is 29.0 Å². The minimum absolute atomic E-state index is 0.248. The van der Waals surface area contributed by atoms with Crippen LogP contribution in [0.1, 0.15) is 40.5 Å². The van der Waals surface area contributed by atoms with Gasteiger partial charge in [0.15, 0.2) is 6.10 Å². The number of para-hydroxylation sites is 1. The molecule has 3 aromatic rings. The molecule has 3 amide bonds. The number of primary amides is 1. The summed E-state index contributed by atoms with van der Waals surface area (Å²) >= 11 is 6.18. The number of hydrogen-bond donors (Lipinski definition) is 2. The Balaban J connectivity index is 1.79. The van der Waals surface area contributed by atoms with Crippen LogP contribution in [-0.2, 0) is 16.0 Å². The molecule has 2 aromatic carbocycles. The molecule has 0 saturated heterocycles. The number of nitrogens with one attached hydrogen (secondary N) is 1. The quantitative estimate of drug-likeness (QED) is 0.557. The molecule has 1 atom stereocenters. The van der Waals surface area contributed by atoms with Gasteiger partial charge >= 0.3 is 12.0 Å². The second-order valence-corrected chi connectivity index (χ2v) is 7.94. The lowest BCUT2D eigenvalue weighted by Gasteiger charge is -2.15. The van der Waals surface area contributed by atoms with Gasteiger partial charge in [-0.25, -0.2) is 19.0 Å². The summed E-state index contributed by atoms with van der Waals surface area (Å²) in [5, 5.41) is 2.72. The highest BCUT2D eigenvalue weighted by Crippen LogP contribution is 2.38. The number of fused-ring (bicyclic) bond motifs is 2. The summed E-state index contributed by atoms with van der Waals surface area (Å²) < 4.78 is 19.7. The number of allylic oxidation sites excluding steroid dienone is 1. The summed E-state index contributed by atoms with van der Waals surface area (Å²) in [5.74, 6) is -2.03. The lowest BCUT2D eigenvalue weighted by atomic mass is 10.0. The van der Waals surface area contributed by atoms with Crippen molar-refractivity contribution in [1.29, 1.82) is 0 Å². The molecule has 1 unspecified atom stereocenters. The van der Waals surface area contributed by atoms with Crippen LogP contribution in [0.5, 0.6) is 0 Å². The van der Waals surface area contributed by atoms with Gasteiger partial charge in [0.05, 0.1) is 21.8 Å². The molecule has 1 heterocycles. The van der Waals surface area contributed by atoms with Gasteiger partial charge in [-0.3, -0.25) is 10.1 Å². The lowest BCUT2D eigenvalue weighted by Crippen LogP contribution is -2.42. The van der Waals surface area contributed by atoms with Gasteiger partial charge in [-0.2, -0.15) is 0 Å². The van der Waals surface area contributed by atoms with Gasteiger partial charge in [0.1, 0.15) is 5.82 Å². The average Bonchev–Trinajstić information content (AvgIpc) is 3.16. The monoisotopic (exact) mass is 467 g/mol. The van der Waals surface area contributed by atoms with E-state index < -0.39 is 29.8 Å². The van der Waals surface area contributed by atoms with Crippen LogP contribution in [0.3, 0.4) is 0 Å². The van der Waals surface area contributed by atoms with Crippen LogP contribution >= 0.6 is 11.6 Å². The number of imide groups is 1. The van der Waals surface area contributed by atoms with Gasteiger partial charge in [0.25, 0.3) is 5.91 Å². The number of nitrogens with zero attached hydrogens (tertiary/aromatic N) is 1. The molecule has 7 nitrogen and oxygen atoms in total. The molecule has 0 saturated carbocycles. The van der Waals surface area contributed by atoms with Gasteiger partial charge < -0.3 is 10.5 Å². The molecule has 0 fully saturated rings. The maximum atomic E-state index is 14.4. The number of nitrogens with two attached hydrogens (primary N) is 1. The Bertz CT molecular complexity index is 1320. The number of halogens is 2. The molecule has 9 heteroatoms. The zero-order valence-corrected chi connectivity index (χ0v) is 18.3. The molecule has 0 spiro atoms. The van der Waals surface area contributed by atoms with Crippen molar-refractivity contribution in [2.75, 3.05) is 0 Å². The molecule has 1 aliphatic rings. The van der Waals surface area contributed by atoms with Crippen molar-refractivity contribution in [2.45, 2.75) is 25.9 Å². The first kappa shape index (κ1) is 22.4. The van der Waals surface area contributed by atoms with E-state index in [0.29, 0.717) is 35.0 Å². The van der Waals surface area contributed by atoms with E-state index in [0.717, 1.165) is 5.57 Å². The molecule has 168 valence electrons. The van der Waals surface area contributed by atoms with Crippen molar-refractivity contribution in [3.63, 3.8) is 0 Å². The van der Waals surface area contributed by atoms with Crippen molar-refractivity contribution >= 4 is 52.1 Å². The third kappa shape index (κ3) is 4.42. The zero-order valence-electron chi connectivity index (χ0n) is 17.5. The predicted molar refractivity (Wildman–Crippen MR) is 122 cm³/mol. The van der Waals surface area contributed by atoms with E-state index in [1.165, 1.54) is 19.1 Å². The first-order chi connectivity index (χ1) is 15.8. The Labute approximate surface area is 193 Å². The van der Waals surface area contributed by atoms with Crippen molar-refractivity contribution < 1.29 is 23.5 Å². The molecule has 4 rings (SSSR count). The molecular formula is C24H19ClFN3O4. The molecule has 0 radical (unpaired) electrons. The van der Waals surface area contributed by atoms with Crippen LogP contribution in [0.2, 0.25) is 5.02 Å². The topological polar surface area (TPSA) is 111 Å². The van der Waals surface area contributed by atoms with E-state index in [4.69, 9.17) is 27.1 Å². The summed E-state index contributed by atoms with van der Waals surface area (Å²) in [6.45, 7) is 1.34. The number of pyridine rings is 1. The average molecular weight is 468 g/mol. The first-order valence-corrected chi connectivity index (χ1v) is 10.5. The second kappa shape index (κ2) is 8.99. The number of ether oxygens (including phenoxy) is 1. The number of urea groups is 1. The zero-order chi connectivity index (χ0) is 23.7. The number of rotatable bonds is 4. The molecule has 33 heavy (non-hydrogen) atoms. The molecular weight excluding hydrogens is 449 g/mol. The number of aromatic nitrogens is 1. The molecule has 1 aliphatic carbocycles. The molecule has 0 aliphatic heterocycles. The molecule has 0 bridgehead atoms. The Morgan fingerprint density at radius 3 is 2.67 bits per heavy atom. The fraction of sp³-hybridized carbons (Fsp3) is 0.167. The Morgan fingerprint density at radius 2 is 1.94 bits per heavy atom. The SMILES string of the molecule is CC(OC(=O)c1c2c(nc3ccccc13)C(=Cc1c(F)cccc1Cl)CC2)C(=O)NC(N)=O. The smallest absolute Gasteiger partial charge is 0.339 e. The number of esters is 1. The van der Waals surface area contributed by atoms with Crippen molar-refractivity contribution in [3.05, 3.63) is 75.7 Å². The third-order valence-corrected chi connectivity index (χ3v) is 5.69. The van der Waals surface area contributed by atoms with Crippen LogP contribution in [0.4, 0.5) is 9.18 Å². The predicted octanol–water partition coefficient (Wildman–Crippen LogP) is 4.25. The fourth-order valence-corrected chi connectivity index (χ4v) is 4.05. The van der Waals surface area contributed by atoms with Gasteiger partial charge in [0.2, 0.25) is 0 Å². The molecule has 1 aromatic heterocycles. The van der Waals surface area contributed by atoms with Crippen molar-refractivity contribution in [1.82, 2.24) is 10.3 Å². The standard InChI is InChI=1S/C24H19ClFN3O4/c1-12(22(30)29-24(27)32)33-23(31)20-14-5-2-3-8-19(14)28-21-13(9-10-15(20)21)11-16-17(25)6-4-7-18(16)26/h2-8,11-12H,9-10H2,1H3,(H3,27,29,30,32). The van der Waals surface area contributed by atoms with Gasteiger partial charge in [-0.05, 0) is 55.2 Å². The Hall–Kier alpha value is -3.78. The summed E-state index contributed by atoms with van der Waals surface area (Å²) in [5.41, 5.74) is 7.95. The third-order valence-electron chi connectivity index (χ3n) is 5.36. The largest absolute Gasteiger partial charge is 0.449 e. The summed E-state index contributed by atoms with van der Waals surface area (Å²) in [6, 6.07) is 10.4. The van der Waals surface area contributed by atoms with Crippen LogP contribution in [0.15, 0.2) is 42.5 Å². The van der Waals surface area contributed by atoms with E-state index in [1.54, 1.807) is 36.4 Å². The van der Waals surface area contributed by atoms with Crippen LogP contribution in [0.25, 0.3) is 22.6 Å². The van der Waals surface area contributed by atoms with Crippen LogP contribution in [0, 0.1) is 5.82 Å². The van der Waals surface area contributed by atoms with E-state index >= 15 is 0 Å². The maximum absolute atomic E-state index is 14.4. The van der Waals surface area contributed by atoms with Crippen LogP contribution < -0.4 is 11.1 Å². The highest BCUT2D eigenvalue weighted by Gasteiger charge is 2.30. The van der Waals surface area contributed by atoms with E-state index in [2.05, 4.69) is 0 Å². The van der Waals surface area contributed by atoms with Crippen molar-refractivity contribution in [3.8, 4) is 0 Å². The highest BCUT2D eigenvalue weighted by molar-refractivity contribution is 6.32. The summed E-state index contributed by atoms with van der Waals surface area (Å²) in [7, 11) is 0. The fourth-order valence-electron chi connectivity index (χ4n) is 3.83. The van der Waals surface area contributed by atoms with Gasteiger partial charge in [-0.1, -0.05) is 35.9 Å². The normalized spacial score (nSPS) is 14.7. The lowest BCUT2D eigenvalue weighted by molar-refractivity contribution is -0.127. The number of hydrogen-bond acceptors (Lipinski definition) is 5. The van der Waals surface area contributed by atoms with E-state index in [9.17, 15) is 18.8 Å². The minimum Gasteiger partial charge on any atom is -0.449 e. The van der Waals surface area contributed by atoms with Crippen molar-refractivity contribution in [2.24, 2.45) is 5.73 Å². The Kier molecular flexibility index (Phi) is 6.11.